The van der Waals surface area contributed by atoms with Gasteiger partial charge in [0.2, 0.25) is 5.91 Å². The molecule has 4 rings (SSSR count). The van der Waals surface area contributed by atoms with Crippen molar-refractivity contribution in [2.75, 3.05) is 5.32 Å². The van der Waals surface area contributed by atoms with Crippen molar-refractivity contribution in [3.05, 3.63) is 28.7 Å². The molecule has 0 heterocycles. The molecular weight excluding hydrogens is 302 g/mol. The first kappa shape index (κ1) is 12.0. The number of rotatable bonds is 2. The third-order valence-corrected chi connectivity index (χ3v) is 6.21. The van der Waals surface area contributed by atoms with Crippen LogP contribution in [0.25, 0.3) is 0 Å². The number of hydrogen-bond acceptors (Lipinski definition) is 1. The van der Waals surface area contributed by atoms with Gasteiger partial charge >= 0.3 is 0 Å². The summed E-state index contributed by atoms with van der Waals surface area (Å²) in [6.07, 6.45) is 6.54. The summed E-state index contributed by atoms with van der Waals surface area (Å²) < 4.78 is 1.04. The van der Waals surface area contributed by atoms with Crippen LogP contribution in [0.4, 0.5) is 5.69 Å². The zero-order chi connectivity index (χ0) is 13.0. The molecule has 3 fully saturated rings. The summed E-state index contributed by atoms with van der Waals surface area (Å²) in [5, 5.41) is 3.10. The summed E-state index contributed by atoms with van der Waals surface area (Å²) >= 11 is 3.41. The van der Waals surface area contributed by atoms with Crippen LogP contribution in [-0.4, -0.2) is 5.91 Å². The first-order valence-corrected chi connectivity index (χ1v) is 8.05. The van der Waals surface area contributed by atoms with Crippen LogP contribution in [0.1, 0.15) is 32.1 Å². The molecular formula is C16H18BrNO. The second-order valence-electron chi connectivity index (χ2n) is 6.45. The van der Waals surface area contributed by atoms with Crippen molar-refractivity contribution in [3.8, 4) is 0 Å². The van der Waals surface area contributed by atoms with Gasteiger partial charge in [-0.25, -0.2) is 0 Å². The summed E-state index contributed by atoms with van der Waals surface area (Å²) in [7, 11) is 0. The van der Waals surface area contributed by atoms with Gasteiger partial charge in [0.15, 0.2) is 0 Å². The first-order valence-electron chi connectivity index (χ1n) is 7.25. The van der Waals surface area contributed by atoms with E-state index < -0.39 is 0 Å². The van der Waals surface area contributed by atoms with Gasteiger partial charge in [0.1, 0.15) is 0 Å². The Morgan fingerprint density at radius 1 is 1.21 bits per heavy atom. The maximum atomic E-state index is 12.5. The molecule has 1 amide bonds. The second kappa shape index (κ2) is 4.08. The predicted molar refractivity (Wildman–Crippen MR) is 78.8 cm³/mol. The van der Waals surface area contributed by atoms with Crippen LogP contribution in [0.5, 0.6) is 0 Å². The molecule has 0 aliphatic heterocycles. The van der Waals surface area contributed by atoms with Crippen LogP contribution in [0, 0.1) is 23.2 Å². The van der Waals surface area contributed by atoms with Gasteiger partial charge in [0.05, 0.1) is 0 Å². The topological polar surface area (TPSA) is 29.1 Å². The van der Waals surface area contributed by atoms with Crippen molar-refractivity contribution in [3.63, 3.8) is 0 Å². The van der Waals surface area contributed by atoms with E-state index in [2.05, 4.69) is 21.2 Å². The molecule has 19 heavy (non-hydrogen) atoms. The number of halogens is 1. The maximum absolute atomic E-state index is 12.5. The summed E-state index contributed by atoms with van der Waals surface area (Å²) in [6, 6.07) is 7.86. The third-order valence-electron chi connectivity index (χ3n) is 5.68. The van der Waals surface area contributed by atoms with E-state index in [9.17, 15) is 4.79 Å². The van der Waals surface area contributed by atoms with Gasteiger partial charge in [-0.15, -0.1) is 0 Å². The number of amides is 1. The Kier molecular flexibility index (Phi) is 2.57. The van der Waals surface area contributed by atoms with E-state index in [4.69, 9.17) is 0 Å². The van der Waals surface area contributed by atoms with Crippen molar-refractivity contribution in [2.45, 2.75) is 32.1 Å². The van der Waals surface area contributed by atoms with Crippen molar-refractivity contribution in [2.24, 2.45) is 23.2 Å². The molecule has 3 saturated carbocycles. The molecule has 2 nitrogen and oxygen atoms in total. The van der Waals surface area contributed by atoms with Gasteiger partial charge in [0.25, 0.3) is 0 Å². The van der Waals surface area contributed by atoms with Crippen LogP contribution in [-0.2, 0) is 4.79 Å². The maximum Gasteiger partial charge on any atom is 0.227 e. The SMILES string of the molecule is O=C(Nc1ccc(Br)cc1)C1CC2CCC1C21CC1. The Labute approximate surface area is 122 Å². The van der Waals surface area contributed by atoms with Crippen molar-refractivity contribution in [1.82, 2.24) is 0 Å². The minimum atomic E-state index is 0.251. The highest BCUT2D eigenvalue weighted by atomic mass is 79.9. The highest BCUT2D eigenvalue weighted by molar-refractivity contribution is 9.10. The van der Waals surface area contributed by atoms with E-state index in [0.717, 1.165) is 22.5 Å². The molecule has 3 aliphatic rings. The van der Waals surface area contributed by atoms with E-state index >= 15 is 0 Å². The predicted octanol–water partition coefficient (Wildman–Crippen LogP) is 4.21. The summed E-state index contributed by atoms with van der Waals surface area (Å²) in [4.78, 5) is 12.5. The van der Waals surface area contributed by atoms with Gasteiger partial charge in [0, 0.05) is 16.1 Å². The fraction of sp³-hybridized carbons (Fsp3) is 0.562. The Balaban J connectivity index is 1.48. The van der Waals surface area contributed by atoms with Crippen molar-refractivity contribution < 1.29 is 4.79 Å². The van der Waals surface area contributed by atoms with E-state index in [1.54, 1.807) is 0 Å². The number of anilines is 1. The molecule has 3 heteroatoms. The largest absolute Gasteiger partial charge is 0.326 e. The summed E-state index contributed by atoms with van der Waals surface area (Å²) in [5.41, 5.74) is 1.52. The van der Waals surface area contributed by atoms with Gasteiger partial charge in [-0.2, -0.15) is 0 Å². The third kappa shape index (κ3) is 1.78. The van der Waals surface area contributed by atoms with Gasteiger partial charge in [-0.1, -0.05) is 15.9 Å². The summed E-state index contributed by atoms with van der Waals surface area (Å²) in [6.45, 7) is 0. The van der Waals surface area contributed by atoms with Gasteiger partial charge in [-0.3, -0.25) is 4.79 Å². The molecule has 100 valence electrons. The molecule has 1 aromatic carbocycles. The Morgan fingerprint density at radius 3 is 2.58 bits per heavy atom. The molecule has 3 atom stereocenters. The molecule has 1 aromatic rings. The molecule has 3 aliphatic carbocycles. The number of benzene rings is 1. The fourth-order valence-corrected chi connectivity index (χ4v) is 4.93. The average molecular weight is 320 g/mol. The molecule has 0 radical (unpaired) electrons. The number of carbonyl (C=O) groups is 1. The second-order valence-corrected chi connectivity index (χ2v) is 7.37. The lowest BCUT2D eigenvalue weighted by Crippen LogP contribution is -2.28. The van der Waals surface area contributed by atoms with Crippen LogP contribution >= 0.6 is 15.9 Å². The van der Waals surface area contributed by atoms with Gasteiger partial charge < -0.3 is 5.32 Å². The van der Waals surface area contributed by atoms with Crippen LogP contribution in [0.2, 0.25) is 0 Å². The normalized spacial score (nSPS) is 33.6. The van der Waals surface area contributed by atoms with Crippen molar-refractivity contribution >= 4 is 27.5 Å². The minimum Gasteiger partial charge on any atom is -0.326 e. The monoisotopic (exact) mass is 319 g/mol. The highest BCUT2D eigenvalue weighted by Crippen LogP contribution is 2.72. The smallest absolute Gasteiger partial charge is 0.227 e. The minimum absolute atomic E-state index is 0.251. The van der Waals surface area contributed by atoms with Crippen LogP contribution in [0.3, 0.4) is 0 Å². The average Bonchev–Trinajstić information content (AvgIpc) is 3.07. The zero-order valence-corrected chi connectivity index (χ0v) is 12.4. The molecule has 2 bridgehead atoms. The number of nitrogens with one attached hydrogen (secondary N) is 1. The fourth-order valence-electron chi connectivity index (χ4n) is 4.66. The standard InChI is InChI=1S/C16H18BrNO/c17-11-2-4-12(5-3-11)18-15(19)13-9-10-1-6-14(13)16(10)7-8-16/h2-5,10,13-14H,1,6-9H2,(H,18,19). The molecule has 3 unspecified atom stereocenters. The number of carbonyl (C=O) groups excluding carboxylic acids is 1. The molecule has 1 spiro atoms. The summed E-state index contributed by atoms with van der Waals surface area (Å²) in [5.74, 6) is 2.04. The molecule has 0 saturated heterocycles. The Morgan fingerprint density at radius 2 is 1.95 bits per heavy atom. The molecule has 1 N–H and O–H groups in total. The lowest BCUT2D eigenvalue weighted by atomic mass is 9.86. The first-order chi connectivity index (χ1) is 9.19. The quantitative estimate of drug-likeness (QED) is 0.869. The van der Waals surface area contributed by atoms with E-state index in [-0.39, 0.29) is 11.8 Å². The van der Waals surface area contributed by atoms with Gasteiger partial charge in [-0.05, 0) is 73.6 Å². The lowest BCUT2D eigenvalue weighted by Gasteiger charge is -2.21. The Bertz CT molecular complexity index is 520. The zero-order valence-electron chi connectivity index (χ0n) is 10.9. The van der Waals surface area contributed by atoms with Crippen LogP contribution < -0.4 is 5.32 Å². The highest BCUT2D eigenvalue weighted by Gasteiger charge is 2.65. The van der Waals surface area contributed by atoms with E-state index in [0.29, 0.717) is 11.3 Å². The van der Waals surface area contributed by atoms with Crippen molar-refractivity contribution in [1.29, 1.82) is 0 Å². The Hall–Kier alpha value is -0.830. The van der Waals surface area contributed by atoms with E-state index in [1.165, 1.54) is 25.7 Å². The van der Waals surface area contributed by atoms with Crippen LogP contribution in [0.15, 0.2) is 28.7 Å². The lowest BCUT2D eigenvalue weighted by molar-refractivity contribution is -0.121. The molecule has 0 aromatic heterocycles. The van der Waals surface area contributed by atoms with E-state index in [1.807, 2.05) is 24.3 Å². The number of hydrogen-bond donors (Lipinski definition) is 1.